The van der Waals surface area contributed by atoms with E-state index in [4.69, 9.17) is 8.83 Å². The van der Waals surface area contributed by atoms with Crippen molar-refractivity contribution in [2.24, 2.45) is 5.92 Å². The van der Waals surface area contributed by atoms with Crippen LogP contribution in [-0.2, 0) is 17.1 Å². The number of hydrogen-bond donors (Lipinski definition) is 0. The quantitative estimate of drug-likeness (QED) is 0.206. The zero-order valence-corrected chi connectivity index (χ0v) is 26.8. The second kappa shape index (κ2) is 15.4. The maximum absolute atomic E-state index is 5.93. The Morgan fingerprint density at radius 1 is 0.743 bits per heavy atom. The minimum Gasteiger partial charge on any atom is -0.464 e. The topological polar surface area (TPSA) is 26.3 Å². The fraction of sp³-hybridized carbons (Fsp3) is 0.667. The van der Waals surface area contributed by atoms with E-state index in [1.165, 1.54) is 51.4 Å². The van der Waals surface area contributed by atoms with E-state index >= 15 is 0 Å². The molecule has 5 heteroatoms. The molecule has 0 amide bonds. The van der Waals surface area contributed by atoms with Crippen LogP contribution in [0.2, 0.25) is 0 Å². The molecule has 0 saturated heterocycles. The number of hydrogen-bond acceptors (Lipinski definition) is 2. The molecule has 0 bridgehead atoms. The third-order valence-electron chi connectivity index (χ3n) is 7.07. The van der Waals surface area contributed by atoms with Gasteiger partial charge in [0.15, 0.2) is 0 Å². The minimum absolute atomic E-state index is 0. The molecule has 0 aliphatic heterocycles. The third kappa shape index (κ3) is 9.32. The molecule has 2 aliphatic carbocycles. The van der Waals surface area contributed by atoms with E-state index in [-0.39, 0.29) is 39.8 Å². The molecular weight excluding hydrogens is 510 g/mol. The summed E-state index contributed by atoms with van der Waals surface area (Å²) < 4.78 is 11.9. The summed E-state index contributed by atoms with van der Waals surface area (Å²) in [7, 11) is -0.701. The van der Waals surface area contributed by atoms with Gasteiger partial charge in [0, 0.05) is 7.92 Å². The molecule has 202 valence electrons. The van der Waals surface area contributed by atoms with Crippen molar-refractivity contribution in [2.75, 3.05) is 0 Å². The number of furan rings is 2. The van der Waals surface area contributed by atoms with Gasteiger partial charge in [0.05, 0.1) is 12.5 Å². The van der Waals surface area contributed by atoms with E-state index in [1.807, 2.05) is 24.7 Å². The monoisotopic (exact) mass is 562 g/mol. The zero-order valence-electron chi connectivity index (χ0n) is 23.9. The zero-order chi connectivity index (χ0) is 23.4. The maximum atomic E-state index is 5.93. The first-order chi connectivity index (χ1) is 15.1. The Morgan fingerprint density at radius 2 is 1.17 bits per heavy atom. The molecule has 0 aromatic carbocycles. The van der Waals surface area contributed by atoms with Crippen molar-refractivity contribution in [2.45, 2.75) is 121 Å². The van der Waals surface area contributed by atoms with Gasteiger partial charge >= 0.3 is 17.1 Å². The van der Waals surface area contributed by atoms with Gasteiger partial charge in [0.2, 0.25) is 0 Å². The summed E-state index contributed by atoms with van der Waals surface area (Å²) >= 11 is 0. The van der Waals surface area contributed by atoms with Crippen LogP contribution in [0, 0.1) is 20.8 Å². The Morgan fingerprint density at radius 3 is 1.51 bits per heavy atom. The number of rotatable bonds is 5. The summed E-state index contributed by atoms with van der Waals surface area (Å²) in [4.78, 5) is 0. The van der Waals surface area contributed by atoms with Gasteiger partial charge in [-0.2, -0.15) is 0 Å². The van der Waals surface area contributed by atoms with Crippen molar-refractivity contribution >= 4 is 26.8 Å². The van der Waals surface area contributed by atoms with E-state index in [1.54, 1.807) is 0 Å². The van der Waals surface area contributed by atoms with E-state index < -0.39 is 7.92 Å². The molecule has 2 unspecified atom stereocenters. The first-order valence-electron chi connectivity index (χ1n) is 12.8. The van der Waals surface area contributed by atoms with Gasteiger partial charge in [-0.3, -0.25) is 0 Å². The molecule has 35 heavy (non-hydrogen) atoms. The van der Waals surface area contributed by atoms with Crippen LogP contribution in [0.25, 0.3) is 0 Å². The Hall–Kier alpha value is -0.0605. The molecule has 2 nitrogen and oxygen atoms in total. The summed E-state index contributed by atoms with van der Waals surface area (Å²) in [5.41, 5.74) is 3.64. The normalized spacial score (nSPS) is 20.9. The Kier molecular flexibility index (Phi) is 15.3. The molecular formula is C30H52FeO2P2. The molecule has 2 fully saturated rings. The summed E-state index contributed by atoms with van der Waals surface area (Å²) in [6, 6.07) is 8.37. The van der Waals surface area contributed by atoms with Gasteiger partial charge in [-0.05, 0) is 64.7 Å². The molecule has 2 saturated carbocycles. The molecule has 2 aromatic heterocycles. The van der Waals surface area contributed by atoms with Crippen LogP contribution in [0.1, 0.15) is 99.8 Å². The first-order valence-corrected chi connectivity index (χ1v) is 15.6. The second-order valence-electron chi connectivity index (χ2n) is 11.7. The predicted octanol–water partition coefficient (Wildman–Crippen LogP) is 9.79. The summed E-state index contributed by atoms with van der Waals surface area (Å²) in [5.74, 6) is 0.746. The Labute approximate surface area is 231 Å². The van der Waals surface area contributed by atoms with E-state index in [0.717, 1.165) is 22.6 Å². The predicted molar refractivity (Wildman–Crippen MR) is 157 cm³/mol. The van der Waals surface area contributed by atoms with Gasteiger partial charge in [-0.25, -0.2) is 0 Å². The summed E-state index contributed by atoms with van der Waals surface area (Å²) in [6.07, 6.45) is 15.1. The van der Waals surface area contributed by atoms with Gasteiger partial charge in [0.1, 0.15) is 11.0 Å². The van der Waals surface area contributed by atoms with Crippen LogP contribution in [0.15, 0.2) is 45.6 Å². The fourth-order valence-electron chi connectivity index (χ4n) is 6.41. The van der Waals surface area contributed by atoms with E-state index in [9.17, 15) is 0 Å². The van der Waals surface area contributed by atoms with Gasteiger partial charge < -0.3 is 23.7 Å². The maximum Gasteiger partial charge on any atom is 2.00 e. The Bertz CT molecular complexity index is 715. The van der Waals surface area contributed by atoms with Crippen LogP contribution in [-0.4, -0.2) is 21.6 Å². The van der Waals surface area contributed by atoms with E-state index in [2.05, 4.69) is 60.6 Å². The van der Waals surface area contributed by atoms with Crippen LogP contribution >= 0.6 is 15.8 Å². The van der Waals surface area contributed by atoms with Crippen molar-refractivity contribution in [3.63, 3.8) is 0 Å². The third-order valence-corrected chi connectivity index (χ3v) is 13.9. The van der Waals surface area contributed by atoms with Crippen LogP contribution in [0.4, 0.5) is 0 Å². The average Bonchev–Trinajstić information content (AvgIpc) is 3.48. The minimum atomic E-state index is -0.569. The Balaban J connectivity index is 0.00000129. The van der Waals surface area contributed by atoms with Gasteiger partial charge in [0.25, 0.3) is 0 Å². The van der Waals surface area contributed by atoms with Crippen LogP contribution in [0.5, 0.6) is 0 Å². The molecule has 4 rings (SSSR count). The smallest absolute Gasteiger partial charge is 0.464 e. The molecule has 2 heterocycles. The standard InChI is InChI=1S/C23H36O2P2.C5H10.2CH3.Fe/c1-17(27(22(2,3)4)23(5,6)7)18-11-8-12-19(18)26(20-13-9-15-24-20)21-14-10-16-25-21;1-2-4-5-3-1;;;/h9-10,13-19H,8,11-12H2,1-7H3;1-5H2;2*1H3;/q;;2*-1;+2/t17-,18?,19?;;;;/m0..../s1. The van der Waals surface area contributed by atoms with Crippen molar-refractivity contribution < 1.29 is 25.9 Å². The SMILES string of the molecule is C1CCCC1.C[C@@H](C1CCCC1P(c1ccco1)c1ccco1)P(C(C)(C)C)C(C)(C)C.[CH3-].[CH3-].[Fe+2]. The van der Waals surface area contributed by atoms with Crippen LogP contribution in [0.3, 0.4) is 0 Å². The van der Waals surface area contributed by atoms with Gasteiger partial charge in [-0.1, -0.05) is 94.9 Å². The fourth-order valence-corrected chi connectivity index (χ4v) is 14.7. The molecule has 0 N–H and O–H groups in total. The molecule has 2 aromatic rings. The molecule has 3 atom stereocenters. The van der Waals surface area contributed by atoms with E-state index in [0.29, 0.717) is 16.0 Å². The summed E-state index contributed by atoms with van der Waals surface area (Å²) in [5, 5.41) is 0.719. The van der Waals surface area contributed by atoms with Gasteiger partial charge in [-0.15, -0.1) is 0 Å². The summed E-state index contributed by atoms with van der Waals surface area (Å²) in [6.45, 7) is 17.2. The van der Waals surface area contributed by atoms with Crippen molar-refractivity contribution in [3.8, 4) is 0 Å². The molecule has 0 spiro atoms. The molecule has 0 radical (unpaired) electrons. The van der Waals surface area contributed by atoms with Crippen molar-refractivity contribution in [1.82, 2.24) is 0 Å². The van der Waals surface area contributed by atoms with Crippen molar-refractivity contribution in [1.29, 1.82) is 0 Å². The first kappa shape index (κ1) is 34.9. The average molecular weight is 563 g/mol. The van der Waals surface area contributed by atoms with Crippen molar-refractivity contribution in [3.05, 3.63) is 51.6 Å². The van der Waals surface area contributed by atoms with Crippen LogP contribution < -0.4 is 11.0 Å². The molecule has 2 aliphatic rings. The largest absolute Gasteiger partial charge is 2.00 e. The second-order valence-corrected chi connectivity index (χ2v) is 18.2.